The molecule has 1 fully saturated rings. The molecule has 1 N–H and O–H groups in total. The van der Waals surface area contributed by atoms with Crippen LogP contribution in [0.15, 0.2) is 24.3 Å². The average Bonchev–Trinajstić information content (AvgIpc) is 2.46. The van der Waals surface area contributed by atoms with E-state index in [2.05, 4.69) is 50.0 Å². The lowest BCUT2D eigenvalue weighted by Crippen LogP contribution is -2.32. The van der Waals surface area contributed by atoms with Crippen molar-refractivity contribution in [1.29, 1.82) is 0 Å². The van der Waals surface area contributed by atoms with Crippen molar-refractivity contribution in [2.45, 2.75) is 45.3 Å². The minimum absolute atomic E-state index is 0.0690. The molecule has 4 heteroatoms. The van der Waals surface area contributed by atoms with Crippen molar-refractivity contribution >= 4 is 29.0 Å². The summed E-state index contributed by atoms with van der Waals surface area (Å²) in [4.78, 5) is 14.4. The largest absolute Gasteiger partial charge is 0.372 e. The summed E-state index contributed by atoms with van der Waals surface area (Å²) < 4.78 is 0.118. The van der Waals surface area contributed by atoms with Crippen molar-refractivity contribution in [2.24, 2.45) is 5.92 Å². The smallest absolute Gasteiger partial charge is 0.234 e. The molecule has 1 aliphatic rings. The summed E-state index contributed by atoms with van der Waals surface area (Å²) in [7, 11) is 0. The maximum absolute atomic E-state index is 11.9. The summed E-state index contributed by atoms with van der Waals surface area (Å²) in [6, 6.07) is 8.24. The summed E-state index contributed by atoms with van der Waals surface area (Å²) >= 11 is 1.67. The molecule has 0 aliphatic carbocycles. The Bertz CT molecular complexity index is 485. The molecule has 1 aromatic carbocycles. The summed E-state index contributed by atoms with van der Waals surface area (Å²) in [5.41, 5.74) is 2.14. The van der Waals surface area contributed by atoms with Gasteiger partial charge in [-0.25, -0.2) is 0 Å². The van der Waals surface area contributed by atoms with Crippen LogP contribution in [0.1, 0.15) is 40.5 Å². The predicted molar refractivity (Wildman–Crippen MR) is 97.9 cm³/mol. The zero-order valence-corrected chi connectivity index (χ0v) is 15.0. The van der Waals surface area contributed by atoms with E-state index in [0.29, 0.717) is 5.75 Å². The molecule has 1 heterocycles. The second-order valence-corrected chi connectivity index (χ2v) is 8.97. The van der Waals surface area contributed by atoms with E-state index in [1.165, 1.54) is 18.5 Å². The highest BCUT2D eigenvalue weighted by Gasteiger charge is 2.16. The Morgan fingerprint density at radius 3 is 2.36 bits per heavy atom. The number of nitrogens with one attached hydrogen (secondary N) is 1. The third-order valence-corrected chi connectivity index (χ3v) is 5.21. The minimum atomic E-state index is 0.0690. The van der Waals surface area contributed by atoms with Gasteiger partial charge in [0.25, 0.3) is 0 Å². The van der Waals surface area contributed by atoms with Crippen LogP contribution >= 0.6 is 11.8 Å². The van der Waals surface area contributed by atoms with Crippen molar-refractivity contribution < 1.29 is 4.79 Å². The molecular weight excluding hydrogens is 292 g/mol. The molecular formula is C18H28N2OS. The zero-order chi connectivity index (χ0) is 16.2. The third-order valence-electron chi connectivity index (χ3n) is 3.94. The van der Waals surface area contributed by atoms with Crippen molar-refractivity contribution in [3.05, 3.63) is 24.3 Å². The molecule has 3 nitrogen and oxygen atoms in total. The Balaban J connectivity index is 1.85. The van der Waals surface area contributed by atoms with Crippen LogP contribution in [-0.4, -0.2) is 29.5 Å². The van der Waals surface area contributed by atoms with E-state index >= 15 is 0 Å². The zero-order valence-electron chi connectivity index (χ0n) is 14.2. The Hall–Kier alpha value is -1.16. The van der Waals surface area contributed by atoms with Crippen LogP contribution in [0.5, 0.6) is 0 Å². The minimum Gasteiger partial charge on any atom is -0.372 e. The number of nitrogens with zero attached hydrogens (tertiary/aromatic N) is 1. The normalized spacial score (nSPS) is 16.6. The number of benzene rings is 1. The quantitative estimate of drug-likeness (QED) is 0.893. The SMILES string of the molecule is CC1CCN(c2ccc(NC(=O)CSC(C)(C)C)cc2)CC1. The Morgan fingerprint density at radius 1 is 1.23 bits per heavy atom. The van der Waals surface area contributed by atoms with Gasteiger partial charge in [0.15, 0.2) is 0 Å². The number of carbonyl (C=O) groups is 1. The highest BCUT2D eigenvalue weighted by atomic mass is 32.2. The predicted octanol–water partition coefficient (Wildman–Crippen LogP) is 4.39. The molecule has 0 spiro atoms. The highest BCUT2D eigenvalue weighted by molar-refractivity contribution is 8.01. The van der Waals surface area contributed by atoms with E-state index in [1.54, 1.807) is 11.8 Å². The fraction of sp³-hybridized carbons (Fsp3) is 0.611. The molecule has 1 aromatic rings. The number of carbonyl (C=O) groups excluding carboxylic acids is 1. The number of rotatable bonds is 4. The fourth-order valence-corrected chi connectivity index (χ4v) is 3.14. The van der Waals surface area contributed by atoms with Gasteiger partial charge in [-0.3, -0.25) is 4.79 Å². The maximum atomic E-state index is 11.9. The Morgan fingerprint density at radius 2 is 1.82 bits per heavy atom. The molecule has 0 atom stereocenters. The molecule has 1 amide bonds. The number of hydrogen-bond acceptors (Lipinski definition) is 3. The Labute approximate surface area is 138 Å². The summed E-state index contributed by atoms with van der Waals surface area (Å²) in [5.74, 6) is 1.41. The van der Waals surface area contributed by atoms with Gasteiger partial charge in [-0.15, -0.1) is 11.8 Å². The van der Waals surface area contributed by atoms with Crippen LogP contribution in [0, 0.1) is 5.92 Å². The molecule has 1 aliphatic heterocycles. The molecule has 0 unspecified atom stereocenters. The lowest BCUT2D eigenvalue weighted by Gasteiger charge is -2.32. The molecule has 0 saturated carbocycles. The van der Waals surface area contributed by atoms with E-state index in [0.717, 1.165) is 24.7 Å². The van der Waals surface area contributed by atoms with E-state index < -0.39 is 0 Å². The molecule has 0 bridgehead atoms. The number of anilines is 2. The van der Waals surface area contributed by atoms with Gasteiger partial charge in [0.05, 0.1) is 5.75 Å². The van der Waals surface area contributed by atoms with Crippen LogP contribution < -0.4 is 10.2 Å². The van der Waals surface area contributed by atoms with Crippen LogP contribution in [0.2, 0.25) is 0 Å². The number of piperidine rings is 1. The van der Waals surface area contributed by atoms with E-state index in [-0.39, 0.29) is 10.7 Å². The summed E-state index contributed by atoms with van der Waals surface area (Å²) in [6.07, 6.45) is 2.53. The maximum Gasteiger partial charge on any atom is 0.234 e. The van der Waals surface area contributed by atoms with Gasteiger partial charge in [-0.05, 0) is 43.0 Å². The third kappa shape index (κ3) is 5.56. The van der Waals surface area contributed by atoms with Gasteiger partial charge in [0.1, 0.15) is 0 Å². The van der Waals surface area contributed by atoms with Gasteiger partial charge in [0.2, 0.25) is 5.91 Å². The first kappa shape index (κ1) is 17.2. The van der Waals surface area contributed by atoms with Gasteiger partial charge in [-0.1, -0.05) is 27.7 Å². The van der Waals surface area contributed by atoms with Gasteiger partial charge < -0.3 is 10.2 Å². The Kier molecular flexibility index (Phi) is 5.79. The molecule has 22 heavy (non-hydrogen) atoms. The fourth-order valence-electron chi connectivity index (χ4n) is 2.50. The lowest BCUT2D eigenvalue weighted by molar-refractivity contribution is -0.113. The first-order valence-corrected chi connectivity index (χ1v) is 9.11. The van der Waals surface area contributed by atoms with E-state index in [9.17, 15) is 4.79 Å². The molecule has 0 aromatic heterocycles. The van der Waals surface area contributed by atoms with E-state index in [1.807, 2.05) is 12.1 Å². The van der Waals surface area contributed by atoms with Crippen molar-refractivity contribution in [3.8, 4) is 0 Å². The van der Waals surface area contributed by atoms with Crippen molar-refractivity contribution in [2.75, 3.05) is 29.1 Å². The second-order valence-electron chi connectivity index (χ2n) is 7.17. The van der Waals surface area contributed by atoms with Gasteiger partial charge >= 0.3 is 0 Å². The standard InChI is InChI=1S/C18H28N2OS/c1-14-9-11-20(12-10-14)16-7-5-15(6-8-16)19-17(21)13-22-18(2,3)4/h5-8,14H,9-13H2,1-4H3,(H,19,21). The number of amides is 1. The topological polar surface area (TPSA) is 32.3 Å². The highest BCUT2D eigenvalue weighted by Crippen LogP contribution is 2.25. The van der Waals surface area contributed by atoms with Gasteiger partial charge in [0, 0.05) is 29.2 Å². The van der Waals surface area contributed by atoms with Crippen molar-refractivity contribution in [1.82, 2.24) is 0 Å². The summed E-state index contributed by atoms with van der Waals surface area (Å²) in [5, 5.41) is 2.97. The monoisotopic (exact) mass is 320 g/mol. The number of hydrogen-bond donors (Lipinski definition) is 1. The van der Waals surface area contributed by atoms with Crippen LogP contribution in [-0.2, 0) is 4.79 Å². The lowest BCUT2D eigenvalue weighted by atomic mass is 9.99. The molecule has 0 radical (unpaired) electrons. The average molecular weight is 321 g/mol. The summed E-state index contributed by atoms with van der Waals surface area (Å²) in [6.45, 7) is 11.0. The first-order valence-electron chi connectivity index (χ1n) is 8.12. The van der Waals surface area contributed by atoms with Crippen molar-refractivity contribution in [3.63, 3.8) is 0 Å². The first-order chi connectivity index (χ1) is 10.3. The van der Waals surface area contributed by atoms with Crippen LogP contribution in [0.4, 0.5) is 11.4 Å². The van der Waals surface area contributed by atoms with Gasteiger partial charge in [-0.2, -0.15) is 0 Å². The molecule has 122 valence electrons. The van der Waals surface area contributed by atoms with E-state index in [4.69, 9.17) is 0 Å². The molecule has 1 saturated heterocycles. The second kappa shape index (κ2) is 7.40. The van der Waals surface area contributed by atoms with Crippen LogP contribution in [0.25, 0.3) is 0 Å². The van der Waals surface area contributed by atoms with Crippen LogP contribution in [0.3, 0.4) is 0 Å². The number of thioether (sulfide) groups is 1. The molecule has 2 rings (SSSR count).